The Labute approximate surface area is 187 Å². The number of rotatable bonds is 6. The highest BCUT2D eigenvalue weighted by atomic mass is 32.1. The molecule has 0 saturated carbocycles. The summed E-state index contributed by atoms with van der Waals surface area (Å²) in [7, 11) is 0. The van der Waals surface area contributed by atoms with Crippen LogP contribution < -0.4 is 25.6 Å². The topological polar surface area (TPSA) is 78.1 Å². The van der Waals surface area contributed by atoms with Crippen molar-refractivity contribution in [2.24, 2.45) is 0 Å². The predicted octanol–water partition coefficient (Wildman–Crippen LogP) is 1.94. The maximum Gasteiger partial charge on any atom is 0.239 e. The van der Waals surface area contributed by atoms with Crippen molar-refractivity contribution in [2.75, 3.05) is 44.8 Å². The number of hydrazine groups is 1. The van der Waals surface area contributed by atoms with Crippen molar-refractivity contribution in [3.8, 4) is 11.5 Å². The van der Waals surface area contributed by atoms with Gasteiger partial charge in [-0.2, -0.15) is 0 Å². The standard InChI is InChI=1S/C22H27N5O3S/c28-21(24-25-22(31)23-18-4-2-1-3-5-18)8-9-26-10-12-27(13-11-26)15-17-6-7-19-20(14-17)30-16-29-19/h1-7,14H,8-13,15-16H2,(H,24,28)(H2,23,25,31). The molecule has 0 radical (unpaired) electrons. The number of carbonyl (C=O) groups excluding carboxylic acids is 1. The van der Waals surface area contributed by atoms with Crippen LogP contribution in [0.2, 0.25) is 0 Å². The van der Waals surface area contributed by atoms with Gasteiger partial charge in [-0.15, -0.1) is 0 Å². The number of fused-ring (bicyclic) bond motifs is 1. The van der Waals surface area contributed by atoms with Crippen molar-refractivity contribution in [3.05, 3.63) is 54.1 Å². The van der Waals surface area contributed by atoms with Crippen LogP contribution in [-0.4, -0.2) is 60.3 Å². The molecule has 0 aromatic heterocycles. The Balaban J connectivity index is 1.11. The van der Waals surface area contributed by atoms with Crippen LogP contribution in [-0.2, 0) is 11.3 Å². The van der Waals surface area contributed by atoms with Crippen molar-refractivity contribution in [1.82, 2.24) is 20.7 Å². The summed E-state index contributed by atoms with van der Waals surface area (Å²) in [6.45, 7) is 5.75. The molecule has 2 heterocycles. The molecule has 4 rings (SSSR count). The molecule has 164 valence electrons. The highest BCUT2D eigenvalue weighted by Crippen LogP contribution is 2.32. The first kappa shape index (κ1) is 21.4. The van der Waals surface area contributed by atoms with Gasteiger partial charge in [0.25, 0.3) is 0 Å². The fraction of sp³-hybridized carbons (Fsp3) is 0.364. The molecule has 0 bridgehead atoms. The third-order valence-electron chi connectivity index (χ3n) is 5.31. The summed E-state index contributed by atoms with van der Waals surface area (Å²) in [6.07, 6.45) is 0.420. The van der Waals surface area contributed by atoms with Gasteiger partial charge >= 0.3 is 0 Å². The van der Waals surface area contributed by atoms with Gasteiger partial charge in [0, 0.05) is 51.4 Å². The third-order valence-corrected chi connectivity index (χ3v) is 5.51. The molecule has 9 heteroatoms. The number of hydrogen-bond acceptors (Lipinski definition) is 6. The van der Waals surface area contributed by atoms with E-state index in [1.807, 2.05) is 36.4 Å². The molecule has 2 aromatic rings. The molecular weight excluding hydrogens is 414 g/mol. The summed E-state index contributed by atoms with van der Waals surface area (Å²) in [6, 6.07) is 15.7. The first-order valence-corrected chi connectivity index (χ1v) is 10.8. The van der Waals surface area contributed by atoms with E-state index in [0.29, 0.717) is 18.3 Å². The van der Waals surface area contributed by atoms with Gasteiger partial charge in [0.2, 0.25) is 12.7 Å². The summed E-state index contributed by atoms with van der Waals surface area (Å²) >= 11 is 5.19. The van der Waals surface area contributed by atoms with Crippen LogP contribution in [0.15, 0.2) is 48.5 Å². The number of nitrogens with zero attached hydrogens (tertiary/aromatic N) is 2. The van der Waals surface area contributed by atoms with Gasteiger partial charge in [-0.3, -0.25) is 20.5 Å². The molecule has 3 N–H and O–H groups in total. The zero-order valence-electron chi connectivity index (χ0n) is 17.3. The Bertz CT molecular complexity index is 903. The SMILES string of the molecule is O=C(CCN1CCN(Cc2ccc3c(c2)OCO3)CC1)NNC(=S)Nc1ccccc1. The minimum absolute atomic E-state index is 0.0833. The fourth-order valence-electron chi connectivity index (χ4n) is 3.60. The quantitative estimate of drug-likeness (QED) is 0.464. The average molecular weight is 442 g/mol. The van der Waals surface area contributed by atoms with E-state index in [1.54, 1.807) is 0 Å². The van der Waals surface area contributed by atoms with Crippen molar-refractivity contribution >= 4 is 28.9 Å². The average Bonchev–Trinajstić information content (AvgIpc) is 3.26. The lowest BCUT2D eigenvalue weighted by Crippen LogP contribution is -2.48. The highest BCUT2D eigenvalue weighted by molar-refractivity contribution is 7.80. The van der Waals surface area contributed by atoms with Gasteiger partial charge in [-0.05, 0) is 42.0 Å². The smallest absolute Gasteiger partial charge is 0.239 e. The summed E-state index contributed by atoms with van der Waals surface area (Å²) in [4.78, 5) is 16.9. The summed E-state index contributed by atoms with van der Waals surface area (Å²) in [5.41, 5.74) is 7.49. The number of benzene rings is 2. The Hall–Kier alpha value is -2.88. The summed E-state index contributed by atoms with van der Waals surface area (Å²) in [5, 5.41) is 3.37. The first-order chi connectivity index (χ1) is 15.2. The van der Waals surface area contributed by atoms with Gasteiger partial charge in [-0.25, -0.2) is 0 Å². The van der Waals surface area contributed by atoms with E-state index in [-0.39, 0.29) is 5.91 Å². The van der Waals surface area contributed by atoms with Crippen LogP contribution in [0.25, 0.3) is 0 Å². The van der Waals surface area contributed by atoms with Crippen molar-refractivity contribution < 1.29 is 14.3 Å². The molecule has 1 saturated heterocycles. The number of ether oxygens (including phenoxy) is 2. The van der Waals surface area contributed by atoms with Gasteiger partial charge in [0.05, 0.1) is 0 Å². The van der Waals surface area contributed by atoms with Gasteiger partial charge < -0.3 is 19.7 Å². The molecule has 2 aliphatic heterocycles. The zero-order valence-corrected chi connectivity index (χ0v) is 18.1. The number of hydrogen-bond donors (Lipinski definition) is 3. The van der Waals surface area contributed by atoms with E-state index >= 15 is 0 Å². The molecule has 8 nitrogen and oxygen atoms in total. The maximum atomic E-state index is 12.1. The third kappa shape index (κ3) is 6.30. The first-order valence-electron chi connectivity index (χ1n) is 10.4. The molecular formula is C22H27N5O3S. The summed E-state index contributed by atoms with van der Waals surface area (Å²) < 4.78 is 10.8. The van der Waals surface area contributed by atoms with Gasteiger partial charge in [-0.1, -0.05) is 24.3 Å². The van der Waals surface area contributed by atoms with Crippen molar-refractivity contribution in [3.63, 3.8) is 0 Å². The number of carbonyl (C=O) groups is 1. The van der Waals surface area contributed by atoms with E-state index in [9.17, 15) is 4.79 Å². The van der Waals surface area contributed by atoms with E-state index in [1.165, 1.54) is 5.56 Å². The molecule has 2 aromatic carbocycles. The van der Waals surface area contributed by atoms with E-state index in [4.69, 9.17) is 21.7 Å². The number of anilines is 1. The van der Waals surface area contributed by atoms with Crippen molar-refractivity contribution in [2.45, 2.75) is 13.0 Å². The predicted molar refractivity (Wildman–Crippen MR) is 123 cm³/mol. The van der Waals surface area contributed by atoms with E-state index < -0.39 is 0 Å². The number of para-hydroxylation sites is 1. The van der Waals surface area contributed by atoms with Crippen LogP contribution in [0.4, 0.5) is 5.69 Å². The second-order valence-corrected chi connectivity index (χ2v) is 7.96. The zero-order chi connectivity index (χ0) is 21.5. The Morgan fingerprint density at radius 1 is 0.935 bits per heavy atom. The Morgan fingerprint density at radius 2 is 1.68 bits per heavy atom. The minimum Gasteiger partial charge on any atom is -0.454 e. The number of amides is 1. The van der Waals surface area contributed by atoms with Crippen LogP contribution in [0.5, 0.6) is 11.5 Å². The number of nitrogens with one attached hydrogen (secondary N) is 3. The Morgan fingerprint density at radius 3 is 2.48 bits per heavy atom. The number of thiocarbonyl (C=S) groups is 1. The maximum absolute atomic E-state index is 12.1. The molecule has 2 aliphatic rings. The molecule has 0 spiro atoms. The lowest BCUT2D eigenvalue weighted by Gasteiger charge is -2.34. The highest BCUT2D eigenvalue weighted by Gasteiger charge is 2.19. The lowest BCUT2D eigenvalue weighted by molar-refractivity contribution is -0.122. The fourth-order valence-corrected chi connectivity index (χ4v) is 3.77. The monoisotopic (exact) mass is 441 g/mol. The van der Waals surface area contributed by atoms with E-state index in [0.717, 1.165) is 56.5 Å². The van der Waals surface area contributed by atoms with Crippen LogP contribution >= 0.6 is 12.2 Å². The van der Waals surface area contributed by atoms with E-state index in [2.05, 4.69) is 38.1 Å². The Kier molecular flexibility index (Phi) is 7.18. The van der Waals surface area contributed by atoms with Gasteiger partial charge in [0.15, 0.2) is 16.6 Å². The molecule has 1 fully saturated rings. The van der Waals surface area contributed by atoms with Crippen LogP contribution in [0, 0.1) is 0 Å². The largest absolute Gasteiger partial charge is 0.454 e. The number of piperazine rings is 1. The molecule has 31 heavy (non-hydrogen) atoms. The molecule has 0 aliphatic carbocycles. The second kappa shape index (κ2) is 10.4. The summed E-state index contributed by atoms with van der Waals surface area (Å²) in [5.74, 6) is 1.56. The van der Waals surface area contributed by atoms with Crippen molar-refractivity contribution in [1.29, 1.82) is 0 Å². The lowest BCUT2D eigenvalue weighted by atomic mass is 10.1. The second-order valence-electron chi connectivity index (χ2n) is 7.55. The molecule has 0 atom stereocenters. The van der Waals surface area contributed by atoms with Crippen LogP contribution in [0.3, 0.4) is 0 Å². The minimum atomic E-state index is -0.0833. The van der Waals surface area contributed by atoms with Gasteiger partial charge in [0.1, 0.15) is 0 Å². The molecule has 0 unspecified atom stereocenters. The van der Waals surface area contributed by atoms with Crippen LogP contribution in [0.1, 0.15) is 12.0 Å². The normalized spacial score (nSPS) is 16.0. The molecule has 1 amide bonds.